The molecule has 3 rings (SSSR count). The molecule has 0 unspecified atom stereocenters. The predicted octanol–water partition coefficient (Wildman–Crippen LogP) is 1.21. The molecule has 0 aliphatic heterocycles. The Morgan fingerprint density at radius 3 is 2.74 bits per heavy atom. The summed E-state index contributed by atoms with van der Waals surface area (Å²) in [6.07, 6.45) is 7.93. The number of rotatable bonds is 7. The predicted molar refractivity (Wildman–Crippen MR) is 84.9 cm³/mol. The van der Waals surface area contributed by atoms with E-state index in [-0.39, 0.29) is 5.91 Å². The average Bonchev–Trinajstić information content (AvgIpc) is 3.27. The Morgan fingerprint density at radius 2 is 2.04 bits per heavy atom. The Morgan fingerprint density at radius 1 is 1.17 bits per heavy atom. The van der Waals surface area contributed by atoms with E-state index >= 15 is 0 Å². The molecule has 0 saturated heterocycles. The lowest BCUT2D eigenvalue weighted by Gasteiger charge is -2.07. The second-order valence-corrected chi connectivity index (χ2v) is 5.13. The second kappa shape index (κ2) is 7.35. The van der Waals surface area contributed by atoms with Gasteiger partial charge in [-0.15, -0.1) is 0 Å². The van der Waals surface area contributed by atoms with Gasteiger partial charge in [0.2, 0.25) is 5.91 Å². The number of aromatic nitrogens is 5. The van der Waals surface area contributed by atoms with Crippen molar-refractivity contribution in [1.82, 2.24) is 29.9 Å². The van der Waals surface area contributed by atoms with Crippen molar-refractivity contribution in [2.24, 2.45) is 0 Å². The number of hydrogen-bond donors (Lipinski definition) is 1. The normalized spacial score (nSPS) is 10.6. The van der Waals surface area contributed by atoms with Gasteiger partial charge in [-0.1, -0.05) is 12.1 Å². The van der Waals surface area contributed by atoms with Crippen molar-refractivity contribution in [2.75, 3.05) is 6.54 Å². The standard InChI is InChI=1S/C16H18N6O/c23-16(7-11-21-13-17-12-20-21)18-9-6-14-2-4-15(5-3-14)22-10-1-8-19-22/h1-5,8,10,12-13H,6-7,9,11H2,(H,18,23). The van der Waals surface area contributed by atoms with Gasteiger partial charge < -0.3 is 5.32 Å². The van der Waals surface area contributed by atoms with Gasteiger partial charge in [0.1, 0.15) is 12.7 Å². The number of carbonyl (C=O) groups excluding carboxylic acids is 1. The number of carbonyl (C=O) groups is 1. The fourth-order valence-electron chi connectivity index (χ4n) is 2.24. The first kappa shape index (κ1) is 15.0. The summed E-state index contributed by atoms with van der Waals surface area (Å²) in [5, 5.41) is 11.1. The lowest BCUT2D eigenvalue weighted by Crippen LogP contribution is -2.26. The van der Waals surface area contributed by atoms with Gasteiger partial charge in [-0.25, -0.2) is 9.67 Å². The molecule has 0 bridgehead atoms. The molecule has 0 spiro atoms. The molecule has 1 amide bonds. The van der Waals surface area contributed by atoms with Crippen molar-refractivity contribution in [3.05, 3.63) is 60.9 Å². The van der Waals surface area contributed by atoms with Crippen molar-refractivity contribution < 1.29 is 4.79 Å². The van der Waals surface area contributed by atoms with Gasteiger partial charge in [0, 0.05) is 25.4 Å². The number of aryl methyl sites for hydroxylation is 1. The minimum absolute atomic E-state index is 0.0219. The maximum absolute atomic E-state index is 11.8. The minimum atomic E-state index is 0.0219. The third-order valence-electron chi connectivity index (χ3n) is 3.48. The molecule has 1 N–H and O–H groups in total. The molecule has 0 saturated carbocycles. The molecule has 2 heterocycles. The Bertz CT molecular complexity index is 719. The minimum Gasteiger partial charge on any atom is -0.356 e. The highest BCUT2D eigenvalue weighted by atomic mass is 16.1. The average molecular weight is 310 g/mol. The number of benzene rings is 1. The van der Waals surface area contributed by atoms with Gasteiger partial charge >= 0.3 is 0 Å². The summed E-state index contributed by atoms with van der Waals surface area (Å²) < 4.78 is 3.46. The Hall–Kier alpha value is -2.96. The van der Waals surface area contributed by atoms with Crippen LogP contribution in [-0.2, 0) is 17.8 Å². The van der Waals surface area contributed by atoms with Crippen molar-refractivity contribution in [1.29, 1.82) is 0 Å². The number of amides is 1. The molecule has 0 atom stereocenters. The molecule has 0 aliphatic rings. The van der Waals surface area contributed by atoms with Crippen LogP contribution in [0.5, 0.6) is 0 Å². The lowest BCUT2D eigenvalue weighted by molar-refractivity contribution is -0.121. The Kier molecular flexibility index (Phi) is 4.78. The molecule has 7 heteroatoms. The van der Waals surface area contributed by atoms with E-state index in [0.29, 0.717) is 19.5 Å². The van der Waals surface area contributed by atoms with Crippen LogP contribution in [0.15, 0.2) is 55.4 Å². The molecule has 118 valence electrons. The summed E-state index contributed by atoms with van der Waals surface area (Å²) in [7, 11) is 0. The molecular formula is C16H18N6O. The number of nitrogens with zero attached hydrogens (tertiary/aromatic N) is 5. The second-order valence-electron chi connectivity index (χ2n) is 5.13. The third-order valence-corrected chi connectivity index (χ3v) is 3.48. The summed E-state index contributed by atoms with van der Waals surface area (Å²) in [5.74, 6) is 0.0219. The van der Waals surface area contributed by atoms with Crippen molar-refractivity contribution in [3.8, 4) is 5.69 Å². The van der Waals surface area contributed by atoms with Crippen LogP contribution in [0.2, 0.25) is 0 Å². The molecule has 2 aromatic heterocycles. The van der Waals surface area contributed by atoms with Crippen LogP contribution in [0, 0.1) is 0 Å². The lowest BCUT2D eigenvalue weighted by atomic mass is 10.1. The fourth-order valence-corrected chi connectivity index (χ4v) is 2.24. The summed E-state index contributed by atoms with van der Waals surface area (Å²) in [6, 6.07) is 10.0. The SMILES string of the molecule is O=C(CCn1cncn1)NCCc1ccc(-n2cccn2)cc1. The van der Waals surface area contributed by atoms with E-state index in [0.717, 1.165) is 12.1 Å². The molecule has 23 heavy (non-hydrogen) atoms. The monoisotopic (exact) mass is 310 g/mol. The molecule has 3 aromatic rings. The van der Waals surface area contributed by atoms with E-state index in [1.807, 2.05) is 29.1 Å². The van der Waals surface area contributed by atoms with Gasteiger partial charge in [0.25, 0.3) is 0 Å². The van der Waals surface area contributed by atoms with Gasteiger partial charge in [-0.2, -0.15) is 10.2 Å². The number of hydrogen-bond acceptors (Lipinski definition) is 4. The number of nitrogens with one attached hydrogen (secondary N) is 1. The van der Waals surface area contributed by atoms with E-state index in [1.54, 1.807) is 17.2 Å². The van der Waals surface area contributed by atoms with Crippen LogP contribution < -0.4 is 5.32 Å². The summed E-state index contributed by atoms with van der Waals surface area (Å²) >= 11 is 0. The topological polar surface area (TPSA) is 77.6 Å². The van der Waals surface area contributed by atoms with Crippen molar-refractivity contribution in [2.45, 2.75) is 19.4 Å². The van der Waals surface area contributed by atoms with Crippen LogP contribution in [-0.4, -0.2) is 37.0 Å². The van der Waals surface area contributed by atoms with E-state index in [4.69, 9.17) is 0 Å². The first-order valence-corrected chi connectivity index (χ1v) is 7.49. The van der Waals surface area contributed by atoms with Gasteiger partial charge in [0.05, 0.1) is 12.2 Å². The summed E-state index contributed by atoms with van der Waals surface area (Å²) in [4.78, 5) is 15.6. The zero-order chi connectivity index (χ0) is 15.9. The summed E-state index contributed by atoms with van der Waals surface area (Å²) in [6.45, 7) is 1.17. The first-order chi connectivity index (χ1) is 11.3. The zero-order valence-electron chi connectivity index (χ0n) is 12.7. The molecule has 0 radical (unpaired) electrons. The highest BCUT2D eigenvalue weighted by Crippen LogP contribution is 2.08. The van der Waals surface area contributed by atoms with Crippen LogP contribution in [0.3, 0.4) is 0 Å². The Labute approximate surface area is 134 Å². The first-order valence-electron chi connectivity index (χ1n) is 7.49. The van der Waals surface area contributed by atoms with Gasteiger partial charge in [0.15, 0.2) is 0 Å². The van der Waals surface area contributed by atoms with Crippen LogP contribution >= 0.6 is 0 Å². The molecule has 1 aromatic carbocycles. The van der Waals surface area contributed by atoms with E-state index in [1.165, 1.54) is 11.9 Å². The maximum atomic E-state index is 11.8. The molecular weight excluding hydrogens is 292 g/mol. The quantitative estimate of drug-likeness (QED) is 0.711. The molecule has 0 fully saturated rings. The van der Waals surface area contributed by atoms with E-state index in [9.17, 15) is 4.79 Å². The highest BCUT2D eigenvalue weighted by Gasteiger charge is 2.02. The molecule has 0 aliphatic carbocycles. The summed E-state index contributed by atoms with van der Waals surface area (Å²) in [5.41, 5.74) is 2.20. The van der Waals surface area contributed by atoms with Crippen molar-refractivity contribution >= 4 is 5.91 Å². The highest BCUT2D eigenvalue weighted by molar-refractivity contribution is 5.75. The van der Waals surface area contributed by atoms with Crippen LogP contribution in [0.4, 0.5) is 0 Å². The van der Waals surface area contributed by atoms with Gasteiger partial charge in [-0.05, 0) is 30.2 Å². The van der Waals surface area contributed by atoms with E-state index < -0.39 is 0 Å². The van der Waals surface area contributed by atoms with Crippen molar-refractivity contribution in [3.63, 3.8) is 0 Å². The Balaban J connectivity index is 1.41. The van der Waals surface area contributed by atoms with Crippen LogP contribution in [0.25, 0.3) is 5.69 Å². The molecule has 7 nitrogen and oxygen atoms in total. The fraction of sp³-hybridized carbons (Fsp3) is 0.250. The van der Waals surface area contributed by atoms with Crippen LogP contribution in [0.1, 0.15) is 12.0 Å². The smallest absolute Gasteiger partial charge is 0.221 e. The third kappa shape index (κ3) is 4.26. The maximum Gasteiger partial charge on any atom is 0.221 e. The zero-order valence-corrected chi connectivity index (χ0v) is 12.7. The largest absolute Gasteiger partial charge is 0.356 e. The van der Waals surface area contributed by atoms with Gasteiger partial charge in [-0.3, -0.25) is 9.48 Å². The van der Waals surface area contributed by atoms with E-state index in [2.05, 4.69) is 32.6 Å².